The standard InChI is InChI=1S/C22H19FN4O4S/c23-15-7-10-18(25-22(29)19-6-1-2-11-24-19)20(13-15)26-21(28)14-4-3-5-17(12-14)32(30,31)27-16-8-9-16/h1-7,10-13,16,27H,8-9H2,(H,25,29)(H,26,28). The van der Waals surface area contributed by atoms with Gasteiger partial charge in [-0.05, 0) is 61.4 Å². The van der Waals surface area contributed by atoms with Crippen LogP contribution in [0.25, 0.3) is 0 Å². The zero-order valence-electron chi connectivity index (χ0n) is 16.7. The van der Waals surface area contributed by atoms with E-state index >= 15 is 0 Å². The second-order valence-corrected chi connectivity index (χ2v) is 8.95. The molecule has 8 nitrogen and oxygen atoms in total. The van der Waals surface area contributed by atoms with Crippen molar-refractivity contribution in [1.82, 2.24) is 9.71 Å². The molecule has 0 saturated heterocycles. The number of rotatable bonds is 7. The molecule has 1 aliphatic rings. The molecule has 1 heterocycles. The maximum Gasteiger partial charge on any atom is 0.274 e. The summed E-state index contributed by atoms with van der Waals surface area (Å²) in [6.45, 7) is 0. The van der Waals surface area contributed by atoms with E-state index in [0.29, 0.717) is 0 Å². The summed E-state index contributed by atoms with van der Waals surface area (Å²) in [4.78, 5) is 29.1. The highest BCUT2D eigenvalue weighted by molar-refractivity contribution is 7.89. The molecule has 0 aliphatic heterocycles. The number of carbonyl (C=O) groups excluding carboxylic acids is 2. The molecule has 1 aromatic heterocycles. The minimum Gasteiger partial charge on any atom is -0.320 e. The molecule has 4 rings (SSSR count). The first-order valence-corrected chi connectivity index (χ1v) is 11.3. The Morgan fingerprint density at radius 2 is 1.69 bits per heavy atom. The fourth-order valence-corrected chi connectivity index (χ4v) is 4.25. The van der Waals surface area contributed by atoms with Crippen molar-refractivity contribution in [1.29, 1.82) is 0 Å². The van der Waals surface area contributed by atoms with Crippen LogP contribution < -0.4 is 15.4 Å². The molecule has 1 aliphatic carbocycles. The molecule has 1 fully saturated rings. The predicted molar refractivity (Wildman–Crippen MR) is 116 cm³/mol. The summed E-state index contributed by atoms with van der Waals surface area (Å²) in [5.41, 5.74) is 0.392. The average molecular weight is 454 g/mol. The van der Waals surface area contributed by atoms with Gasteiger partial charge in [0.15, 0.2) is 0 Å². The summed E-state index contributed by atoms with van der Waals surface area (Å²) < 4.78 is 41.2. The lowest BCUT2D eigenvalue weighted by atomic mass is 10.2. The number of amides is 2. The van der Waals surface area contributed by atoms with Crippen molar-refractivity contribution in [3.05, 3.63) is 83.9 Å². The Balaban J connectivity index is 1.55. The van der Waals surface area contributed by atoms with Gasteiger partial charge in [0.05, 0.1) is 16.3 Å². The number of benzene rings is 2. The van der Waals surface area contributed by atoms with E-state index in [4.69, 9.17) is 0 Å². The molecule has 0 radical (unpaired) electrons. The normalized spacial score (nSPS) is 13.4. The van der Waals surface area contributed by atoms with Crippen LogP contribution >= 0.6 is 0 Å². The number of hydrogen-bond acceptors (Lipinski definition) is 5. The molecule has 3 N–H and O–H groups in total. The predicted octanol–water partition coefficient (Wildman–Crippen LogP) is 3.17. The van der Waals surface area contributed by atoms with Gasteiger partial charge in [-0.2, -0.15) is 0 Å². The van der Waals surface area contributed by atoms with E-state index in [0.717, 1.165) is 25.0 Å². The third kappa shape index (κ3) is 5.16. The van der Waals surface area contributed by atoms with E-state index in [-0.39, 0.29) is 33.6 Å². The SMILES string of the molecule is O=C(Nc1cc(F)ccc1NC(=O)c1ccccn1)c1cccc(S(=O)(=O)NC2CC2)c1. The number of carbonyl (C=O) groups is 2. The number of sulfonamides is 1. The second kappa shape index (κ2) is 8.85. The summed E-state index contributed by atoms with van der Waals surface area (Å²) >= 11 is 0. The fourth-order valence-electron chi connectivity index (χ4n) is 2.90. The molecule has 0 bridgehead atoms. The lowest BCUT2D eigenvalue weighted by molar-refractivity contribution is 0.101. The summed E-state index contributed by atoms with van der Waals surface area (Å²) in [6, 6.07) is 13.8. The summed E-state index contributed by atoms with van der Waals surface area (Å²) in [7, 11) is -3.74. The Morgan fingerprint density at radius 3 is 2.41 bits per heavy atom. The van der Waals surface area contributed by atoms with E-state index in [9.17, 15) is 22.4 Å². The number of pyridine rings is 1. The topological polar surface area (TPSA) is 117 Å². The molecule has 32 heavy (non-hydrogen) atoms. The van der Waals surface area contributed by atoms with Gasteiger partial charge in [0.1, 0.15) is 11.5 Å². The number of aromatic nitrogens is 1. The van der Waals surface area contributed by atoms with Crippen molar-refractivity contribution in [3.63, 3.8) is 0 Å². The quantitative estimate of drug-likeness (QED) is 0.507. The molecule has 2 amide bonds. The van der Waals surface area contributed by atoms with E-state index in [2.05, 4.69) is 20.3 Å². The number of nitrogens with one attached hydrogen (secondary N) is 3. The van der Waals surface area contributed by atoms with Crippen LogP contribution in [0.1, 0.15) is 33.7 Å². The highest BCUT2D eigenvalue weighted by Gasteiger charge is 2.28. The number of nitrogens with zero attached hydrogens (tertiary/aromatic N) is 1. The molecule has 2 aromatic carbocycles. The molecule has 3 aromatic rings. The molecular weight excluding hydrogens is 435 g/mol. The van der Waals surface area contributed by atoms with Crippen LogP contribution in [0.3, 0.4) is 0 Å². The molecule has 0 spiro atoms. The smallest absolute Gasteiger partial charge is 0.274 e. The molecule has 164 valence electrons. The molecule has 0 unspecified atom stereocenters. The van der Waals surface area contributed by atoms with Gasteiger partial charge < -0.3 is 10.6 Å². The number of hydrogen-bond donors (Lipinski definition) is 3. The Bertz CT molecular complexity index is 1280. The van der Waals surface area contributed by atoms with Gasteiger partial charge in [-0.3, -0.25) is 14.6 Å². The minimum absolute atomic E-state index is 0.0173. The first-order valence-electron chi connectivity index (χ1n) is 9.77. The maximum atomic E-state index is 13.8. The van der Waals surface area contributed by atoms with Crippen LogP contribution in [-0.2, 0) is 10.0 Å². The first kappa shape index (κ1) is 21.6. The highest BCUT2D eigenvalue weighted by atomic mass is 32.2. The van der Waals surface area contributed by atoms with Crippen LogP contribution in [0, 0.1) is 5.82 Å². The minimum atomic E-state index is -3.74. The summed E-state index contributed by atoms with van der Waals surface area (Å²) in [6.07, 6.45) is 3.03. The third-order valence-electron chi connectivity index (χ3n) is 4.68. The van der Waals surface area contributed by atoms with Gasteiger partial charge in [0.2, 0.25) is 10.0 Å². The van der Waals surface area contributed by atoms with Crippen LogP contribution in [0.2, 0.25) is 0 Å². The lowest BCUT2D eigenvalue weighted by Crippen LogP contribution is -2.26. The molecular formula is C22H19FN4O4S. The van der Waals surface area contributed by atoms with Crippen molar-refractivity contribution in [2.45, 2.75) is 23.8 Å². The number of halogens is 1. The van der Waals surface area contributed by atoms with Crippen molar-refractivity contribution in [2.24, 2.45) is 0 Å². The third-order valence-corrected chi connectivity index (χ3v) is 6.20. The zero-order chi connectivity index (χ0) is 22.7. The Hall–Kier alpha value is -3.63. The average Bonchev–Trinajstić information content (AvgIpc) is 3.59. The number of anilines is 2. The molecule has 10 heteroatoms. The van der Waals surface area contributed by atoms with E-state index < -0.39 is 27.7 Å². The van der Waals surface area contributed by atoms with E-state index in [1.807, 2.05) is 0 Å². The van der Waals surface area contributed by atoms with Crippen LogP contribution in [0.4, 0.5) is 15.8 Å². The maximum absolute atomic E-state index is 13.8. The summed E-state index contributed by atoms with van der Waals surface area (Å²) in [5.74, 6) is -1.82. The van der Waals surface area contributed by atoms with Crippen LogP contribution in [-0.4, -0.2) is 31.3 Å². The van der Waals surface area contributed by atoms with Gasteiger partial charge in [0.25, 0.3) is 11.8 Å². The van der Waals surface area contributed by atoms with Gasteiger partial charge >= 0.3 is 0 Å². The molecule has 0 atom stereocenters. The van der Waals surface area contributed by atoms with Crippen molar-refractivity contribution >= 4 is 33.2 Å². The Morgan fingerprint density at radius 1 is 0.906 bits per heavy atom. The van der Waals surface area contributed by atoms with Gasteiger partial charge in [-0.25, -0.2) is 17.5 Å². The molecule has 1 saturated carbocycles. The van der Waals surface area contributed by atoms with Gasteiger partial charge in [0, 0.05) is 17.8 Å². The van der Waals surface area contributed by atoms with E-state index in [1.54, 1.807) is 12.1 Å². The largest absolute Gasteiger partial charge is 0.320 e. The Kier molecular flexibility index (Phi) is 5.97. The first-order chi connectivity index (χ1) is 15.3. The Labute approximate surface area is 183 Å². The van der Waals surface area contributed by atoms with Crippen LogP contribution in [0.15, 0.2) is 71.8 Å². The fraction of sp³-hybridized carbons (Fsp3) is 0.136. The van der Waals surface area contributed by atoms with Gasteiger partial charge in [-0.1, -0.05) is 12.1 Å². The van der Waals surface area contributed by atoms with E-state index in [1.165, 1.54) is 42.6 Å². The van der Waals surface area contributed by atoms with Crippen LogP contribution in [0.5, 0.6) is 0 Å². The zero-order valence-corrected chi connectivity index (χ0v) is 17.5. The monoisotopic (exact) mass is 454 g/mol. The van der Waals surface area contributed by atoms with Crippen molar-refractivity contribution in [3.8, 4) is 0 Å². The van der Waals surface area contributed by atoms with Gasteiger partial charge in [-0.15, -0.1) is 0 Å². The van der Waals surface area contributed by atoms with Crippen molar-refractivity contribution < 1.29 is 22.4 Å². The second-order valence-electron chi connectivity index (χ2n) is 7.24. The highest BCUT2D eigenvalue weighted by Crippen LogP contribution is 2.25. The lowest BCUT2D eigenvalue weighted by Gasteiger charge is -2.13. The van der Waals surface area contributed by atoms with Crippen molar-refractivity contribution in [2.75, 3.05) is 10.6 Å². The summed E-state index contributed by atoms with van der Waals surface area (Å²) in [5, 5.41) is 5.11.